The maximum Gasteiger partial charge on any atom is 0.360 e. The normalized spacial score (nSPS) is 21.0. The lowest BCUT2D eigenvalue weighted by molar-refractivity contribution is -0.181. The Hall–Kier alpha value is -0.980. The minimum atomic E-state index is -3.97. The van der Waals surface area contributed by atoms with Crippen LogP contribution in [0.3, 0.4) is 0 Å². The lowest BCUT2D eigenvalue weighted by atomic mass is 10.1. The Balaban J connectivity index is 2.55. The number of rotatable bonds is 4. The van der Waals surface area contributed by atoms with E-state index in [9.17, 15) is 9.46 Å². The van der Waals surface area contributed by atoms with Crippen LogP contribution in [0.15, 0.2) is 6.20 Å². The van der Waals surface area contributed by atoms with Crippen molar-refractivity contribution in [3.05, 3.63) is 23.0 Å². The predicted molar refractivity (Wildman–Crippen MR) is 75.1 cm³/mol. The molecule has 1 aliphatic rings. The van der Waals surface area contributed by atoms with E-state index in [0.717, 1.165) is 7.11 Å². The Labute approximate surface area is 123 Å². The minimum Gasteiger partial charge on any atom is -0.461 e. The smallest absolute Gasteiger partial charge is 0.360 e. The Morgan fingerprint density at radius 1 is 1.48 bits per heavy atom. The molecule has 7 nitrogen and oxygen atoms in total. The van der Waals surface area contributed by atoms with Crippen LogP contribution in [0.1, 0.15) is 36.5 Å². The van der Waals surface area contributed by atoms with E-state index in [1.807, 2.05) is 0 Å². The molecule has 0 bridgehead atoms. The number of methoxy groups -OCH3 is 1. The summed E-state index contributed by atoms with van der Waals surface area (Å²) in [6, 6.07) is 0. The number of ether oxygens (including phenoxy) is 3. The van der Waals surface area contributed by atoms with Crippen molar-refractivity contribution in [2.45, 2.75) is 39.0 Å². The molecule has 8 heteroatoms. The van der Waals surface area contributed by atoms with Crippen LogP contribution in [0.25, 0.3) is 0 Å². The quantitative estimate of drug-likeness (QED) is 0.854. The van der Waals surface area contributed by atoms with Crippen LogP contribution < -0.4 is 4.74 Å². The molecule has 0 saturated carbocycles. The first kappa shape index (κ1) is 16.4. The number of hydrogen-bond acceptors (Lipinski definition) is 6. The summed E-state index contributed by atoms with van der Waals surface area (Å²) in [6.45, 7) is 5.63. The van der Waals surface area contributed by atoms with Crippen molar-refractivity contribution >= 4 is 7.60 Å². The monoisotopic (exact) mass is 317 g/mol. The van der Waals surface area contributed by atoms with Crippen LogP contribution in [0.5, 0.6) is 5.75 Å². The van der Waals surface area contributed by atoms with Gasteiger partial charge >= 0.3 is 7.60 Å². The first-order chi connectivity index (χ1) is 9.72. The Morgan fingerprint density at radius 3 is 2.71 bits per heavy atom. The fourth-order valence-electron chi connectivity index (χ4n) is 2.20. The summed E-state index contributed by atoms with van der Waals surface area (Å²) >= 11 is 0. The van der Waals surface area contributed by atoms with Gasteiger partial charge in [0.1, 0.15) is 5.75 Å². The SMILES string of the molecule is COC(c1cnc(C)c2c1COC(C)(C)O2)P(=O)(O)OC. The van der Waals surface area contributed by atoms with Gasteiger partial charge in [0.25, 0.3) is 0 Å². The van der Waals surface area contributed by atoms with Gasteiger partial charge in [-0.25, -0.2) is 0 Å². The molecule has 1 aromatic heterocycles. The second-order valence-corrected chi connectivity index (χ2v) is 7.19. The van der Waals surface area contributed by atoms with E-state index in [-0.39, 0.29) is 6.61 Å². The van der Waals surface area contributed by atoms with Crippen LogP contribution in [0.4, 0.5) is 0 Å². The van der Waals surface area contributed by atoms with Gasteiger partial charge in [-0.3, -0.25) is 9.55 Å². The van der Waals surface area contributed by atoms with Gasteiger partial charge in [-0.2, -0.15) is 0 Å². The summed E-state index contributed by atoms with van der Waals surface area (Å²) < 4.78 is 33.3. The van der Waals surface area contributed by atoms with Crippen LogP contribution in [-0.4, -0.2) is 29.9 Å². The molecule has 0 aromatic carbocycles. The molecule has 0 saturated heterocycles. The zero-order valence-corrected chi connectivity index (χ0v) is 13.6. The third-order valence-electron chi connectivity index (χ3n) is 3.31. The molecule has 0 spiro atoms. The number of fused-ring (bicyclic) bond motifs is 1. The molecule has 2 heterocycles. The third kappa shape index (κ3) is 3.12. The van der Waals surface area contributed by atoms with Gasteiger partial charge in [-0.15, -0.1) is 0 Å². The van der Waals surface area contributed by atoms with E-state index in [2.05, 4.69) is 9.51 Å². The Bertz CT molecular complexity index is 588. The molecule has 0 radical (unpaired) electrons. The fourth-order valence-corrected chi connectivity index (χ4v) is 3.23. The van der Waals surface area contributed by atoms with E-state index in [1.165, 1.54) is 13.3 Å². The summed E-state index contributed by atoms with van der Waals surface area (Å²) in [5.74, 6) is -1.36. The first-order valence-corrected chi connectivity index (χ1v) is 8.09. The molecule has 1 aromatic rings. The van der Waals surface area contributed by atoms with E-state index in [0.29, 0.717) is 22.6 Å². The van der Waals surface area contributed by atoms with Gasteiger partial charge in [-0.1, -0.05) is 0 Å². The van der Waals surface area contributed by atoms with Gasteiger partial charge in [0, 0.05) is 45.4 Å². The van der Waals surface area contributed by atoms with Crippen molar-refractivity contribution in [2.24, 2.45) is 0 Å². The molecule has 1 N–H and O–H groups in total. The fraction of sp³-hybridized carbons (Fsp3) is 0.615. The lowest BCUT2D eigenvalue weighted by Gasteiger charge is -2.35. The molecule has 2 unspecified atom stereocenters. The van der Waals surface area contributed by atoms with Crippen molar-refractivity contribution in [3.8, 4) is 5.75 Å². The molecule has 118 valence electrons. The van der Waals surface area contributed by atoms with Crippen LogP contribution in [-0.2, 0) is 25.2 Å². The van der Waals surface area contributed by atoms with Crippen molar-refractivity contribution < 1.29 is 28.2 Å². The Morgan fingerprint density at radius 2 is 2.14 bits per heavy atom. The topological polar surface area (TPSA) is 87.1 Å². The lowest BCUT2D eigenvalue weighted by Crippen LogP contribution is -2.36. The highest BCUT2D eigenvalue weighted by atomic mass is 31.2. The summed E-state index contributed by atoms with van der Waals surface area (Å²) in [6.07, 6.45) is 1.50. The van der Waals surface area contributed by atoms with Crippen LogP contribution in [0, 0.1) is 6.92 Å². The van der Waals surface area contributed by atoms with Crippen molar-refractivity contribution in [3.63, 3.8) is 0 Å². The van der Waals surface area contributed by atoms with Crippen LogP contribution in [0.2, 0.25) is 0 Å². The molecular formula is C13H20NO6P. The average Bonchev–Trinajstić information content (AvgIpc) is 2.41. The summed E-state index contributed by atoms with van der Waals surface area (Å²) in [5, 5.41) is 0. The van der Waals surface area contributed by atoms with Gasteiger partial charge < -0.3 is 23.6 Å². The maximum absolute atomic E-state index is 12.1. The largest absolute Gasteiger partial charge is 0.461 e. The molecular weight excluding hydrogens is 297 g/mol. The van der Waals surface area contributed by atoms with E-state index >= 15 is 0 Å². The average molecular weight is 317 g/mol. The van der Waals surface area contributed by atoms with Crippen molar-refractivity contribution in [1.82, 2.24) is 4.98 Å². The van der Waals surface area contributed by atoms with Crippen molar-refractivity contribution in [1.29, 1.82) is 0 Å². The van der Waals surface area contributed by atoms with E-state index in [4.69, 9.17) is 14.2 Å². The molecule has 2 atom stereocenters. The summed E-state index contributed by atoms with van der Waals surface area (Å²) in [4.78, 5) is 14.1. The second kappa shape index (κ2) is 5.66. The molecule has 2 rings (SSSR count). The standard InChI is InChI=1S/C13H20NO6P/c1-8-11-10(7-19-13(2,3)20-11)9(6-14-8)12(17-4)21(15,16)18-5/h6,12H,7H2,1-5H3,(H,15,16). The highest BCUT2D eigenvalue weighted by Gasteiger charge is 2.39. The van der Waals surface area contributed by atoms with Gasteiger partial charge in [0.15, 0.2) is 5.85 Å². The number of aromatic nitrogens is 1. The zero-order valence-electron chi connectivity index (χ0n) is 12.7. The van der Waals surface area contributed by atoms with Gasteiger partial charge in [0.2, 0.25) is 5.79 Å². The number of hydrogen-bond donors (Lipinski definition) is 1. The number of nitrogens with zero attached hydrogens (tertiary/aromatic N) is 1. The molecule has 21 heavy (non-hydrogen) atoms. The van der Waals surface area contributed by atoms with E-state index in [1.54, 1.807) is 20.8 Å². The summed E-state index contributed by atoms with van der Waals surface area (Å²) in [5.41, 5.74) is 1.77. The molecule has 1 aliphatic heterocycles. The second-order valence-electron chi connectivity index (χ2n) is 5.23. The van der Waals surface area contributed by atoms with Gasteiger partial charge in [0.05, 0.1) is 12.3 Å². The van der Waals surface area contributed by atoms with Crippen molar-refractivity contribution in [2.75, 3.05) is 14.2 Å². The van der Waals surface area contributed by atoms with Gasteiger partial charge in [-0.05, 0) is 6.92 Å². The maximum atomic E-state index is 12.1. The van der Waals surface area contributed by atoms with E-state index < -0.39 is 19.2 Å². The number of aryl methyl sites for hydroxylation is 1. The summed E-state index contributed by atoms with van der Waals surface area (Å²) in [7, 11) is -1.47. The first-order valence-electron chi connectivity index (χ1n) is 6.44. The minimum absolute atomic E-state index is 0.241. The highest BCUT2D eigenvalue weighted by Crippen LogP contribution is 2.57. The number of pyridine rings is 1. The Kier molecular flexibility index (Phi) is 4.42. The zero-order chi connectivity index (χ0) is 15.8. The molecule has 0 aliphatic carbocycles. The highest BCUT2D eigenvalue weighted by molar-refractivity contribution is 7.53. The predicted octanol–water partition coefficient (Wildman–Crippen LogP) is 2.51. The molecule has 0 amide bonds. The molecule has 0 fully saturated rings. The van der Waals surface area contributed by atoms with Crippen LogP contribution >= 0.6 is 7.60 Å². The third-order valence-corrected chi connectivity index (χ3v) is 4.91.